The summed E-state index contributed by atoms with van der Waals surface area (Å²) in [6, 6.07) is 16.8. The Hall–Kier alpha value is -2.84. The third-order valence-electron chi connectivity index (χ3n) is 6.59. The van der Waals surface area contributed by atoms with Gasteiger partial charge in [-0.15, -0.1) is 0 Å². The van der Waals surface area contributed by atoms with E-state index in [-0.39, 0.29) is 11.8 Å². The van der Waals surface area contributed by atoms with Gasteiger partial charge >= 0.3 is 0 Å². The van der Waals surface area contributed by atoms with Crippen LogP contribution in [-0.2, 0) is 17.9 Å². The van der Waals surface area contributed by atoms with Crippen molar-refractivity contribution in [3.63, 3.8) is 0 Å². The number of benzene rings is 2. The summed E-state index contributed by atoms with van der Waals surface area (Å²) >= 11 is 0. The summed E-state index contributed by atoms with van der Waals surface area (Å²) in [7, 11) is 1.69. The summed E-state index contributed by atoms with van der Waals surface area (Å²) in [6.07, 6.45) is 6.24. The van der Waals surface area contributed by atoms with Gasteiger partial charge in [-0.05, 0) is 53.6 Å². The van der Waals surface area contributed by atoms with Gasteiger partial charge in [0, 0.05) is 26.7 Å². The second kappa shape index (κ2) is 9.98. The highest BCUT2D eigenvalue weighted by molar-refractivity contribution is 5.79. The van der Waals surface area contributed by atoms with Crippen molar-refractivity contribution < 1.29 is 9.53 Å². The quantitative estimate of drug-likeness (QED) is 0.727. The first-order chi connectivity index (χ1) is 15.2. The first-order valence-electron chi connectivity index (χ1n) is 11.3. The molecule has 2 aromatic carbocycles. The van der Waals surface area contributed by atoms with Crippen LogP contribution in [0.2, 0.25) is 0 Å². The molecule has 2 aliphatic rings. The first-order valence-corrected chi connectivity index (χ1v) is 11.3. The zero-order chi connectivity index (χ0) is 21.6. The van der Waals surface area contributed by atoms with Crippen LogP contribution >= 0.6 is 0 Å². The molecule has 1 amide bonds. The Balaban J connectivity index is 1.29. The predicted molar refractivity (Wildman–Crippen MR) is 121 cm³/mol. The summed E-state index contributed by atoms with van der Waals surface area (Å²) in [6.45, 7) is 2.94. The smallest absolute Gasteiger partial charge is 0.225 e. The molecule has 0 unspecified atom stereocenters. The number of hydrogen-bond acceptors (Lipinski definition) is 4. The number of likely N-dealkylation sites (tertiary alicyclic amines) is 1. The van der Waals surface area contributed by atoms with E-state index in [2.05, 4.69) is 40.6 Å². The van der Waals surface area contributed by atoms with E-state index < -0.39 is 0 Å². The standard InChI is InChI=1S/C26H31N3O2/c1-28-26(30)23-16-29(17-23)15-19-7-10-24(11-8-19)31-18-20-9-12-25(22(13-20)14-27)21-5-3-2-4-6-21/h7-13,21,23H,2-6,15-18H2,1H3,(H,28,30). The summed E-state index contributed by atoms with van der Waals surface area (Å²) in [5.41, 5.74) is 4.25. The lowest BCUT2D eigenvalue weighted by Crippen LogP contribution is -2.52. The largest absolute Gasteiger partial charge is 0.489 e. The fraction of sp³-hybridized carbons (Fsp3) is 0.462. The monoisotopic (exact) mass is 417 g/mol. The topological polar surface area (TPSA) is 65.4 Å². The number of hydrogen-bond donors (Lipinski definition) is 1. The van der Waals surface area contributed by atoms with Crippen molar-refractivity contribution in [1.82, 2.24) is 10.2 Å². The van der Waals surface area contributed by atoms with Crippen molar-refractivity contribution in [2.45, 2.75) is 51.2 Å². The highest BCUT2D eigenvalue weighted by Crippen LogP contribution is 2.34. The van der Waals surface area contributed by atoms with E-state index in [1.54, 1.807) is 7.05 Å². The molecule has 1 heterocycles. The fourth-order valence-corrected chi connectivity index (χ4v) is 4.74. The minimum absolute atomic E-state index is 0.121. The van der Waals surface area contributed by atoms with Gasteiger partial charge in [0.2, 0.25) is 5.91 Å². The maximum atomic E-state index is 11.6. The molecule has 5 heteroatoms. The lowest BCUT2D eigenvalue weighted by Gasteiger charge is -2.38. The molecular weight excluding hydrogens is 386 g/mol. The Bertz CT molecular complexity index is 936. The molecule has 0 aromatic heterocycles. The molecular formula is C26H31N3O2. The second-order valence-electron chi connectivity index (χ2n) is 8.81. The number of rotatable bonds is 7. The van der Waals surface area contributed by atoms with E-state index >= 15 is 0 Å². The molecule has 31 heavy (non-hydrogen) atoms. The van der Waals surface area contributed by atoms with Crippen molar-refractivity contribution in [3.05, 3.63) is 64.7 Å². The van der Waals surface area contributed by atoms with Gasteiger partial charge in [-0.1, -0.05) is 43.5 Å². The Morgan fingerprint density at radius 2 is 1.81 bits per heavy atom. The van der Waals surface area contributed by atoms with Crippen LogP contribution in [0.3, 0.4) is 0 Å². The molecule has 0 spiro atoms. The molecule has 2 fully saturated rings. The molecule has 5 nitrogen and oxygen atoms in total. The maximum Gasteiger partial charge on any atom is 0.225 e. The Labute approximate surface area is 185 Å². The summed E-state index contributed by atoms with van der Waals surface area (Å²) in [5, 5.41) is 12.3. The molecule has 1 aliphatic heterocycles. The third kappa shape index (κ3) is 5.26. The van der Waals surface area contributed by atoms with Crippen molar-refractivity contribution in [2.75, 3.05) is 20.1 Å². The summed E-state index contributed by atoms with van der Waals surface area (Å²) in [4.78, 5) is 13.9. The number of carbonyl (C=O) groups is 1. The number of nitriles is 1. The number of nitrogens with one attached hydrogen (secondary N) is 1. The van der Waals surface area contributed by atoms with Crippen LogP contribution in [0, 0.1) is 17.2 Å². The first kappa shape index (κ1) is 21.4. The van der Waals surface area contributed by atoms with Crippen molar-refractivity contribution in [2.24, 2.45) is 5.92 Å². The van der Waals surface area contributed by atoms with Crippen LogP contribution in [0.4, 0.5) is 0 Å². The number of amides is 1. The number of carbonyl (C=O) groups excluding carboxylic acids is 1. The van der Waals surface area contributed by atoms with Gasteiger partial charge in [-0.2, -0.15) is 5.26 Å². The van der Waals surface area contributed by atoms with Crippen molar-refractivity contribution in [1.29, 1.82) is 5.26 Å². The van der Waals surface area contributed by atoms with Crippen molar-refractivity contribution >= 4 is 5.91 Å². The molecule has 1 aliphatic carbocycles. The predicted octanol–water partition coefficient (Wildman–Crippen LogP) is 4.36. The van der Waals surface area contributed by atoms with Gasteiger partial charge in [-0.25, -0.2) is 0 Å². The van der Waals surface area contributed by atoms with Crippen LogP contribution in [0.15, 0.2) is 42.5 Å². The van der Waals surface area contributed by atoms with E-state index in [9.17, 15) is 10.1 Å². The van der Waals surface area contributed by atoms with Crippen LogP contribution in [0.25, 0.3) is 0 Å². The van der Waals surface area contributed by atoms with Crippen LogP contribution in [0.5, 0.6) is 5.75 Å². The molecule has 1 saturated carbocycles. The van der Waals surface area contributed by atoms with E-state index in [1.165, 1.54) is 43.2 Å². The average molecular weight is 418 g/mol. The van der Waals surface area contributed by atoms with E-state index in [1.807, 2.05) is 18.2 Å². The van der Waals surface area contributed by atoms with Gasteiger partial charge in [0.15, 0.2) is 0 Å². The fourth-order valence-electron chi connectivity index (χ4n) is 4.74. The van der Waals surface area contributed by atoms with Crippen LogP contribution in [-0.4, -0.2) is 30.9 Å². The summed E-state index contributed by atoms with van der Waals surface area (Å²) in [5.74, 6) is 1.61. The lowest BCUT2D eigenvalue weighted by molar-refractivity contribution is -0.129. The highest BCUT2D eigenvalue weighted by atomic mass is 16.5. The van der Waals surface area contributed by atoms with E-state index in [0.717, 1.165) is 36.5 Å². The molecule has 1 N–H and O–H groups in total. The SMILES string of the molecule is CNC(=O)C1CN(Cc2ccc(OCc3ccc(C4CCCCC4)c(C#N)c3)cc2)C1. The summed E-state index contributed by atoms with van der Waals surface area (Å²) < 4.78 is 5.96. The Kier molecular flexibility index (Phi) is 6.89. The molecule has 0 radical (unpaired) electrons. The van der Waals surface area contributed by atoms with Gasteiger partial charge < -0.3 is 10.1 Å². The normalized spacial score (nSPS) is 17.5. The van der Waals surface area contributed by atoms with Gasteiger partial charge in [0.05, 0.1) is 17.6 Å². The van der Waals surface area contributed by atoms with Gasteiger partial charge in [-0.3, -0.25) is 9.69 Å². The minimum atomic E-state index is 0.121. The van der Waals surface area contributed by atoms with E-state index in [4.69, 9.17) is 4.74 Å². The van der Waals surface area contributed by atoms with Gasteiger partial charge in [0.1, 0.15) is 12.4 Å². The molecule has 162 valence electrons. The Morgan fingerprint density at radius 3 is 2.48 bits per heavy atom. The zero-order valence-corrected chi connectivity index (χ0v) is 18.3. The average Bonchev–Trinajstić information content (AvgIpc) is 2.80. The number of ether oxygens (including phenoxy) is 1. The molecule has 0 bridgehead atoms. The minimum Gasteiger partial charge on any atom is -0.489 e. The van der Waals surface area contributed by atoms with Crippen LogP contribution in [0.1, 0.15) is 60.3 Å². The maximum absolute atomic E-state index is 11.6. The zero-order valence-electron chi connectivity index (χ0n) is 18.3. The molecule has 1 saturated heterocycles. The van der Waals surface area contributed by atoms with Gasteiger partial charge in [0.25, 0.3) is 0 Å². The van der Waals surface area contributed by atoms with E-state index in [0.29, 0.717) is 12.5 Å². The highest BCUT2D eigenvalue weighted by Gasteiger charge is 2.31. The lowest BCUT2D eigenvalue weighted by atomic mass is 9.82. The molecule has 0 atom stereocenters. The third-order valence-corrected chi connectivity index (χ3v) is 6.59. The Morgan fingerprint density at radius 1 is 1.10 bits per heavy atom. The molecule has 4 rings (SSSR count). The second-order valence-corrected chi connectivity index (χ2v) is 8.81. The molecule has 2 aromatic rings. The number of nitrogens with zero attached hydrogens (tertiary/aromatic N) is 2. The van der Waals surface area contributed by atoms with Crippen LogP contribution < -0.4 is 10.1 Å². The van der Waals surface area contributed by atoms with Crippen molar-refractivity contribution in [3.8, 4) is 11.8 Å².